The molecule has 0 atom stereocenters. The number of hydrogen-bond acceptors (Lipinski definition) is 4. The van der Waals surface area contributed by atoms with Crippen molar-refractivity contribution in [2.45, 2.75) is 23.8 Å². The maximum absolute atomic E-state index is 12.4. The zero-order valence-corrected chi connectivity index (χ0v) is 11.4. The molecule has 0 spiro atoms. The molecular formula is C11H17N3O4S. The number of aliphatic hydroxyl groups is 1. The molecule has 1 aliphatic rings. The van der Waals surface area contributed by atoms with Gasteiger partial charge in [-0.05, 0) is 18.9 Å². The minimum Gasteiger partial charge on any atom is -0.393 e. The molecule has 2 heterocycles. The highest BCUT2D eigenvalue weighted by Gasteiger charge is 2.30. The Hall–Kier alpha value is -1.38. The topological polar surface area (TPSA) is 106 Å². The first kappa shape index (κ1) is 14.0. The molecular weight excluding hydrogens is 270 g/mol. The summed E-state index contributed by atoms with van der Waals surface area (Å²) >= 11 is 0. The van der Waals surface area contributed by atoms with E-state index in [9.17, 15) is 18.3 Å². The van der Waals surface area contributed by atoms with Crippen molar-refractivity contribution in [1.82, 2.24) is 8.87 Å². The van der Waals surface area contributed by atoms with E-state index in [4.69, 9.17) is 5.73 Å². The van der Waals surface area contributed by atoms with Crippen molar-refractivity contribution in [3.05, 3.63) is 18.0 Å². The fourth-order valence-corrected chi connectivity index (χ4v) is 3.69. The summed E-state index contributed by atoms with van der Waals surface area (Å²) in [6, 6.07) is 1.28. The Kier molecular flexibility index (Phi) is 3.66. The Morgan fingerprint density at radius 2 is 2.00 bits per heavy atom. The van der Waals surface area contributed by atoms with E-state index in [0.717, 1.165) is 0 Å². The largest absolute Gasteiger partial charge is 0.393 e. The molecule has 0 bridgehead atoms. The van der Waals surface area contributed by atoms with Gasteiger partial charge in [-0.3, -0.25) is 4.79 Å². The first-order valence-corrected chi connectivity index (χ1v) is 7.41. The van der Waals surface area contributed by atoms with Crippen LogP contribution in [0.4, 0.5) is 0 Å². The highest BCUT2D eigenvalue weighted by atomic mass is 32.2. The van der Waals surface area contributed by atoms with Gasteiger partial charge in [-0.1, -0.05) is 0 Å². The van der Waals surface area contributed by atoms with E-state index in [-0.39, 0.29) is 23.7 Å². The van der Waals surface area contributed by atoms with Gasteiger partial charge in [0.1, 0.15) is 10.6 Å². The van der Waals surface area contributed by atoms with Gasteiger partial charge in [0.15, 0.2) is 0 Å². The average Bonchev–Trinajstić information content (AvgIpc) is 2.72. The summed E-state index contributed by atoms with van der Waals surface area (Å²) in [7, 11) is -2.06. The summed E-state index contributed by atoms with van der Waals surface area (Å²) in [5.74, 6) is -0.669. The molecule has 19 heavy (non-hydrogen) atoms. The molecule has 0 saturated carbocycles. The van der Waals surface area contributed by atoms with E-state index in [1.54, 1.807) is 7.05 Å². The molecule has 106 valence electrons. The van der Waals surface area contributed by atoms with Gasteiger partial charge >= 0.3 is 0 Å². The van der Waals surface area contributed by atoms with Gasteiger partial charge in [0, 0.05) is 26.3 Å². The third-order valence-electron chi connectivity index (χ3n) is 3.29. The highest BCUT2D eigenvalue weighted by molar-refractivity contribution is 7.89. The summed E-state index contributed by atoms with van der Waals surface area (Å²) < 4.78 is 27.4. The second kappa shape index (κ2) is 4.95. The lowest BCUT2D eigenvalue weighted by atomic mass is 10.1. The number of amides is 1. The smallest absolute Gasteiger partial charge is 0.265 e. The fourth-order valence-electron chi connectivity index (χ4n) is 2.15. The van der Waals surface area contributed by atoms with Crippen molar-refractivity contribution in [2.24, 2.45) is 12.8 Å². The Balaban J connectivity index is 2.29. The van der Waals surface area contributed by atoms with Crippen molar-refractivity contribution in [2.75, 3.05) is 13.1 Å². The highest BCUT2D eigenvalue weighted by Crippen LogP contribution is 2.22. The molecule has 2 rings (SSSR count). The summed E-state index contributed by atoms with van der Waals surface area (Å²) in [6.07, 6.45) is 1.78. The molecule has 1 fully saturated rings. The third-order valence-corrected chi connectivity index (χ3v) is 5.16. The maximum atomic E-state index is 12.4. The Morgan fingerprint density at radius 1 is 1.42 bits per heavy atom. The standard InChI is InChI=1S/C11H17N3O4S/c1-13-7-9(6-10(13)11(12)16)19(17,18)14-4-2-8(15)3-5-14/h6-8,15H,2-5H2,1H3,(H2,12,16). The maximum Gasteiger partial charge on any atom is 0.265 e. The number of nitrogens with two attached hydrogens (primary N) is 1. The molecule has 1 aromatic rings. The Morgan fingerprint density at radius 3 is 2.47 bits per heavy atom. The summed E-state index contributed by atoms with van der Waals surface area (Å²) in [6.45, 7) is 0.564. The first-order chi connectivity index (χ1) is 8.82. The number of carbonyl (C=O) groups excluding carboxylic acids is 1. The quantitative estimate of drug-likeness (QED) is 0.764. The van der Waals surface area contributed by atoms with Crippen LogP contribution in [0.2, 0.25) is 0 Å². The van der Waals surface area contributed by atoms with Crippen LogP contribution in [0.1, 0.15) is 23.3 Å². The van der Waals surface area contributed by atoms with Crippen LogP contribution in [0.5, 0.6) is 0 Å². The Bertz CT molecular complexity index is 585. The number of hydrogen-bond donors (Lipinski definition) is 2. The van der Waals surface area contributed by atoms with Crippen LogP contribution in [0.3, 0.4) is 0 Å². The van der Waals surface area contributed by atoms with Crippen molar-refractivity contribution in [3.8, 4) is 0 Å². The second-order valence-corrected chi connectivity index (χ2v) is 6.61. The minimum atomic E-state index is -3.63. The molecule has 1 amide bonds. The third kappa shape index (κ3) is 2.65. The molecule has 3 N–H and O–H groups in total. The Labute approximate surface area is 111 Å². The van der Waals surface area contributed by atoms with Crippen LogP contribution < -0.4 is 5.73 Å². The molecule has 1 aliphatic heterocycles. The molecule has 0 radical (unpaired) electrons. The van der Waals surface area contributed by atoms with Gasteiger partial charge in [-0.2, -0.15) is 4.31 Å². The van der Waals surface area contributed by atoms with Gasteiger partial charge in [-0.25, -0.2) is 8.42 Å². The molecule has 8 heteroatoms. The lowest BCUT2D eigenvalue weighted by Crippen LogP contribution is -2.39. The summed E-state index contributed by atoms with van der Waals surface area (Å²) in [5, 5.41) is 9.40. The number of rotatable bonds is 3. The zero-order chi connectivity index (χ0) is 14.2. The molecule has 1 saturated heterocycles. The van der Waals surface area contributed by atoms with Crippen LogP contribution in [-0.4, -0.2) is 47.5 Å². The molecule has 0 unspecified atom stereocenters. The van der Waals surface area contributed by atoms with E-state index in [2.05, 4.69) is 0 Å². The van der Waals surface area contributed by atoms with Crippen LogP contribution >= 0.6 is 0 Å². The first-order valence-electron chi connectivity index (χ1n) is 5.97. The number of carbonyl (C=O) groups is 1. The predicted octanol–water partition coefficient (Wildman–Crippen LogP) is -0.731. The number of aromatic nitrogens is 1. The molecule has 1 aromatic heterocycles. The van der Waals surface area contributed by atoms with Crippen molar-refractivity contribution in [3.63, 3.8) is 0 Å². The lowest BCUT2D eigenvalue weighted by Gasteiger charge is -2.28. The average molecular weight is 287 g/mol. The van der Waals surface area contributed by atoms with Crippen LogP contribution in [0.15, 0.2) is 17.2 Å². The second-order valence-electron chi connectivity index (χ2n) is 4.67. The fraction of sp³-hybridized carbons (Fsp3) is 0.545. The van der Waals surface area contributed by atoms with Gasteiger partial charge in [0.05, 0.1) is 6.10 Å². The molecule has 0 aliphatic carbocycles. The van der Waals surface area contributed by atoms with Crippen molar-refractivity contribution in [1.29, 1.82) is 0 Å². The number of aliphatic hydroxyl groups excluding tert-OH is 1. The molecule has 7 nitrogen and oxygen atoms in total. The number of primary amides is 1. The molecule has 0 aromatic carbocycles. The van der Waals surface area contributed by atoms with Crippen LogP contribution in [0, 0.1) is 0 Å². The van der Waals surface area contributed by atoms with Gasteiger partial charge in [0.2, 0.25) is 10.0 Å². The van der Waals surface area contributed by atoms with E-state index < -0.39 is 22.0 Å². The minimum absolute atomic E-state index is 0.0557. The number of sulfonamides is 1. The van der Waals surface area contributed by atoms with Crippen LogP contribution in [0.25, 0.3) is 0 Å². The number of aryl methyl sites for hydroxylation is 1. The SMILES string of the molecule is Cn1cc(S(=O)(=O)N2CCC(O)CC2)cc1C(N)=O. The van der Waals surface area contributed by atoms with E-state index in [0.29, 0.717) is 12.8 Å². The van der Waals surface area contributed by atoms with Crippen molar-refractivity contribution < 1.29 is 18.3 Å². The summed E-state index contributed by atoms with van der Waals surface area (Å²) in [5.41, 5.74) is 5.32. The van der Waals surface area contributed by atoms with Gasteiger partial charge in [-0.15, -0.1) is 0 Å². The predicted molar refractivity (Wildman–Crippen MR) is 67.9 cm³/mol. The van der Waals surface area contributed by atoms with E-state index in [1.807, 2.05) is 0 Å². The van der Waals surface area contributed by atoms with E-state index in [1.165, 1.54) is 21.1 Å². The van der Waals surface area contributed by atoms with Crippen LogP contribution in [-0.2, 0) is 17.1 Å². The zero-order valence-electron chi connectivity index (χ0n) is 10.6. The number of nitrogens with zero attached hydrogens (tertiary/aromatic N) is 2. The monoisotopic (exact) mass is 287 g/mol. The lowest BCUT2D eigenvalue weighted by molar-refractivity contribution is 0.0992. The van der Waals surface area contributed by atoms with Crippen molar-refractivity contribution >= 4 is 15.9 Å². The number of piperidine rings is 1. The summed E-state index contributed by atoms with van der Waals surface area (Å²) in [4.78, 5) is 11.2. The normalized spacial score (nSPS) is 18.6. The van der Waals surface area contributed by atoms with Gasteiger partial charge in [0.25, 0.3) is 5.91 Å². The van der Waals surface area contributed by atoms with Gasteiger partial charge < -0.3 is 15.4 Å². The van der Waals surface area contributed by atoms with E-state index >= 15 is 0 Å².